The van der Waals surface area contributed by atoms with Crippen LogP contribution in [0, 0.1) is 12.8 Å². The first kappa shape index (κ1) is 22.0. The zero-order chi connectivity index (χ0) is 21.9. The van der Waals surface area contributed by atoms with Crippen molar-refractivity contribution in [3.63, 3.8) is 0 Å². The van der Waals surface area contributed by atoms with Crippen LogP contribution in [0.25, 0.3) is 0 Å². The Morgan fingerprint density at radius 3 is 2.27 bits per heavy atom. The maximum Gasteiger partial charge on any atom is 0.253 e. The van der Waals surface area contributed by atoms with Crippen LogP contribution in [0.5, 0.6) is 0 Å². The van der Waals surface area contributed by atoms with Crippen molar-refractivity contribution in [3.8, 4) is 0 Å². The molecule has 0 aliphatic carbocycles. The average Bonchev–Trinajstić information content (AvgIpc) is 2.74. The molecule has 8 heteroatoms. The summed E-state index contributed by atoms with van der Waals surface area (Å²) in [6.45, 7) is 2.46. The zero-order valence-electron chi connectivity index (χ0n) is 17.5. The maximum absolute atomic E-state index is 12.9. The molecule has 0 bridgehead atoms. The number of benzene rings is 2. The normalized spacial score (nSPS) is 17.4. The summed E-state index contributed by atoms with van der Waals surface area (Å²) < 4.78 is 27.3. The minimum atomic E-state index is -3.63. The van der Waals surface area contributed by atoms with Crippen molar-refractivity contribution >= 4 is 27.5 Å². The Hall–Kier alpha value is -2.71. The van der Waals surface area contributed by atoms with Crippen molar-refractivity contribution in [1.29, 1.82) is 0 Å². The molecule has 1 fully saturated rings. The fraction of sp³-hybridized carbons (Fsp3) is 0.364. The van der Waals surface area contributed by atoms with Gasteiger partial charge in [0.15, 0.2) is 0 Å². The molecule has 0 saturated carbocycles. The molecule has 0 aromatic heterocycles. The molecule has 1 aliphatic rings. The molecule has 1 aliphatic heterocycles. The van der Waals surface area contributed by atoms with Crippen LogP contribution >= 0.6 is 0 Å². The summed E-state index contributed by atoms with van der Waals surface area (Å²) in [4.78, 5) is 26.4. The van der Waals surface area contributed by atoms with Crippen LogP contribution in [0.4, 0.5) is 5.69 Å². The lowest BCUT2D eigenvalue weighted by Crippen LogP contribution is -2.43. The lowest BCUT2D eigenvalue weighted by atomic mass is 9.98. The van der Waals surface area contributed by atoms with E-state index in [4.69, 9.17) is 0 Å². The standard InChI is InChI=1S/C22H27N3O4S/c1-16-6-12-20(13-7-16)30(28,29)25-14-4-5-18(15-25)21(26)23-19-10-8-17(9-11-19)22(27)24(2)3/h6-13,18H,4-5,14-15H2,1-3H3,(H,23,26). The summed E-state index contributed by atoms with van der Waals surface area (Å²) in [6.07, 6.45) is 1.25. The minimum absolute atomic E-state index is 0.114. The Balaban J connectivity index is 1.67. The van der Waals surface area contributed by atoms with Gasteiger partial charge in [-0.05, 0) is 56.2 Å². The van der Waals surface area contributed by atoms with Gasteiger partial charge in [0.2, 0.25) is 15.9 Å². The molecule has 1 saturated heterocycles. The molecule has 1 unspecified atom stereocenters. The number of amides is 2. The Morgan fingerprint density at radius 1 is 1.03 bits per heavy atom. The van der Waals surface area contributed by atoms with Gasteiger partial charge in [-0.1, -0.05) is 17.7 Å². The molecule has 3 rings (SSSR count). The van der Waals surface area contributed by atoms with E-state index in [0.717, 1.165) is 5.56 Å². The summed E-state index contributed by atoms with van der Waals surface area (Å²) in [5.74, 6) is -0.760. The summed E-state index contributed by atoms with van der Waals surface area (Å²) >= 11 is 0. The number of hydrogen-bond donors (Lipinski definition) is 1. The van der Waals surface area contributed by atoms with Crippen molar-refractivity contribution in [3.05, 3.63) is 59.7 Å². The lowest BCUT2D eigenvalue weighted by molar-refractivity contribution is -0.120. The van der Waals surface area contributed by atoms with E-state index < -0.39 is 15.9 Å². The number of carbonyl (C=O) groups excluding carboxylic acids is 2. The Labute approximate surface area is 177 Å². The van der Waals surface area contributed by atoms with E-state index in [0.29, 0.717) is 30.6 Å². The molecular weight excluding hydrogens is 402 g/mol. The molecule has 2 amide bonds. The number of piperidine rings is 1. The second-order valence-electron chi connectivity index (χ2n) is 7.78. The Kier molecular flexibility index (Phi) is 6.58. The Bertz CT molecular complexity index is 1020. The summed E-state index contributed by atoms with van der Waals surface area (Å²) in [7, 11) is -0.274. The minimum Gasteiger partial charge on any atom is -0.345 e. The van der Waals surface area contributed by atoms with Gasteiger partial charge in [-0.25, -0.2) is 8.42 Å². The molecule has 0 spiro atoms. The molecule has 2 aromatic rings. The molecule has 2 aromatic carbocycles. The van der Waals surface area contributed by atoms with E-state index in [-0.39, 0.29) is 23.3 Å². The highest BCUT2D eigenvalue weighted by atomic mass is 32.2. The van der Waals surface area contributed by atoms with Crippen LogP contribution in [0.15, 0.2) is 53.4 Å². The van der Waals surface area contributed by atoms with Gasteiger partial charge < -0.3 is 10.2 Å². The van der Waals surface area contributed by atoms with Gasteiger partial charge in [-0.2, -0.15) is 4.31 Å². The van der Waals surface area contributed by atoms with Gasteiger partial charge in [0.25, 0.3) is 5.91 Å². The number of aryl methyl sites for hydroxylation is 1. The van der Waals surface area contributed by atoms with Crippen LogP contribution < -0.4 is 5.32 Å². The largest absolute Gasteiger partial charge is 0.345 e. The number of anilines is 1. The second-order valence-corrected chi connectivity index (χ2v) is 9.72. The highest BCUT2D eigenvalue weighted by Crippen LogP contribution is 2.25. The molecule has 1 heterocycles. The van der Waals surface area contributed by atoms with Gasteiger partial charge in [0.05, 0.1) is 10.8 Å². The smallest absolute Gasteiger partial charge is 0.253 e. The third-order valence-electron chi connectivity index (χ3n) is 5.22. The summed E-state index contributed by atoms with van der Waals surface area (Å²) in [6, 6.07) is 13.4. The number of rotatable bonds is 5. The molecule has 0 radical (unpaired) electrons. The van der Waals surface area contributed by atoms with E-state index in [2.05, 4.69) is 5.32 Å². The van der Waals surface area contributed by atoms with Crippen molar-refractivity contribution in [2.45, 2.75) is 24.7 Å². The predicted molar refractivity (Wildman–Crippen MR) is 116 cm³/mol. The highest BCUT2D eigenvalue weighted by Gasteiger charge is 2.33. The molecular formula is C22H27N3O4S. The van der Waals surface area contributed by atoms with Gasteiger partial charge in [-0.15, -0.1) is 0 Å². The third kappa shape index (κ3) is 4.88. The number of hydrogen-bond acceptors (Lipinski definition) is 4. The average molecular weight is 430 g/mol. The highest BCUT2D eigenvalue weighted by molar-refractivity contribution is 7.89. The summed E-state index contributed by atoms with van der Waals surface area (Å²) in [5, 5.41) is 2.84. The van der Waals surface area contributed by atoms with E-state index in [1.807, 2.05) is 6.92 Å². The number of carbonyl (C=O) groups is 2. The molecule has 1 N–H and O–H groups in total. The first-order valence-corrected chi connectivity index (χ1v) is 11.3. The molecule has 160 valence electrons. The quantitative estimate of drug-likeness (QED) is 0.792. The number of nitrogens with one attached hydrogen (secondary N) is 1. The predicted octanol–water partition coefficient (Wildman–Crippen LogP) is 2.74. The van der Waals surface area contributed by atoms with Crippen LogP contribution in [0.2, 0.25) is 0 Å². The maximum atomic E-state index is 12.9. The molecule has 30 heavy (non-hydrogen) atoms. The van der Waals surface area contributed by atoms with Crippen LogP contribution in [0.3, 0.4) is 0 Å². The monoisotopic (exact) mass is 429 g/mol. The van der Waals surface area contributed by atoms with Crippen molar-refractivity contribution in [1.82, 2.24) is 9.21 Å². The van der Waals surface area contributed by atoms with E-state index >= 15 is 0 Å². The molecule has 1 atom stereocenters. The van der Waals surface area contributed by atoms with Gasteiger partial charge in [-0.3, -0.25) is 9.59 Å². The topological polar surface area (TPSA) is 86.8 Å². The van der Waals surface area contributed by atoms with Gasteiger partial charge in [0.1, 0.15) is 0 Å². The van der Waals surface area contributed by atoms with Crippen LogP contribution in [-0.2, 0) is 14.8 Å². The number of sulfonamides is 1. The van der Waals surface area contributed by atoms with Crippen molar-refractivity contribution in [2.75, 3.05) is 32.5 Å². The van der Waals surface area contributed by atoms with Crippen molar-refractivity contribution in [2.24, 2.45) is 5.92 Å². The van der Waals surface area contributed by atoms with E-state index in [1.165, 1.54) is 9.21 Å². The second kappa shape index (κ2) is 8.97. The summed E-state index contributed by atoms with van der Waals surface area (Å²) in [5.41, 5.74) is 2.10. The zero-order valence-corrected chi connectivity index (χ0v) is 18.3. The Morgan fingerprint density at radius 2 is 1.67 bits per heavy atom. The lowest BCUT2D eigenvalue weighted by Gasteiger charge is -2.31. The van der Waals surface area contributed by atoms with E-state index in [9.17, 15) is 18.0 Å². The number of nitrogens with zero attached hydrogens (tertiary/aromatic N) is 2. The SMILES string of the molecule is Cc1ccc(S(=O)(=O)N2CCCC(C(=O)Nc3ccc(C(=O)N(C)C)cc3)C2)cc1. The first-order valence-electron chi connectivity index (χ1n) is 9.88. The van der Waals surface area contributed by atoms with Gasteiger partial charge in [0, 0.05) is 38.4 Å². The first-order chi connectivity index (χ1) is 14.2. The fourth-order valence-corrected chi connectivity index (χ4v) is 4.96. The fourth-order valence-electron chi connectivity index (χ4n) is 3.43. The third-order valence-corrected chi connectivity index (χ3v) is 7.10. The van der Waals surface area contributed by atoms with E-state index in [1.54, 1.807) is 62.6 Å². The van der Waals surface area contributed by atoms with Gasteiger partial charge >= 0.3 is 0 Å². The van der Waals surface area contributed by atoms with Crippen LogP contribution in [0.1, 0.15) is 28.8 Å². The molecule has 7 nitrogen and oxygen atoms in total. The van der Waals surface area contributed by atoms with Crippen LogP contribution in [-0.4, -0.2) is 56.6 Å². The van der Waals surface area contributed by atoms with Crippen molar-refractivity contribution < 1.29 is 18.0 Å².